The molecule has 1 amide bonds. The Hall–Kier alpha value is -4.03. The first-order chi connectivity index (χ1) is 18.0. The Morgan fingerprint density at radius 2 is 1.62 bits per heavy atom. The first-order valence-corrected chi connectivity index (χ1v) is 13.3. The third-order valence-electron chi connectivity index (χ3n) is 6.46. The molecule has 0 bridgehead atoms. The number of aliphatic imine (C=N–C) groups is 1. The van der Waals surface area contributed by atoms with Gasteiger partial charge in [0.15, 0.2) is 5.17 Å². The SMILES string of the molecule is CC1=C(C(=O)Nc2ccccc2)[C@@H](c2ccc(N(C)C)cc2)N=C(SCc2cccc3ccccc23)N1. The molecule has 0 unspecified atom stereocenters. The number of amidine groups is 1. The van der Waals surface area contributed by atoms with Crippen molar-refractivity contribution in [1.82, 2.24) is 5.32 Å². The molecule has 4 aromatic rings. The normalized spacial score (nSPS) is 15.2. The van der Waals surface area contributed by atoms with Crippen LogP contribution < -0.4 is 15.5 Å². The quantitative estimate of drug-likeness (QED) is 0.304. The third kappa shape index (κ3) is 5.54. The Bertz CT molecular complexity index is 1470. The molecule has 0 aromatic heterocycles. The van der Waals surface area contributed by atoms with Crippen LogP contribution in [0.5, 0.6) is 0 Å². The molecule has 0 fully saturated rings. The van der Waals surface area contributed by atoms with Crippen molar-refractivity contribution in [2.24, 2.45) is 4.99 Å². The minimum Gasteiger partial charge on any atom is -0.378 e. The minimum atomic E-state index is -0.406. The number of rotatable bonds is 6. The van der Waals surface area contributed by atoms with E-state index < -0.39 is 6.04 Å². The van der Waals surface area contributed by atoms with Gasteiger partial charge in [0.2, 0.25) is 0 Å². The van der Waals surface area contributed by atoms with Crippen molar-refractivity contribution in [3.63, 3.8) is 0 Å². The molecule has 37 heavy (non-hydrogen) atoms. The first kappa shape index (κ1) is 24.7. The molecular formula is C31H30N4OS. The standard InChI is InChI=1S/C31H30N4OS/c1-21-28(30(36)33-25-13-5-4-6-14-25)29(23-16-18-26(19-17-23)35(2)3)34-31(32-21)37-20-24-12-9-11-22-10-7-8-15-27(22)24/h4-19,29H,20H2,1-3H3,(H,32,34)(H,33,36)/t29-/m1/s1. The lowest BCUT2D eigenvalue weighted by Gasteiger charge is -2.27. The average molecular weight is 507 g/mol. The molecule has 5 nitrogen and oxygen atoms in total. The summed E-state index contributed by atoms with van der Waals surface area (Å²) in [6.45, 7) is 1.95. The largest absolute Gasteiger partial charge is 0.378 e. The van der Waals surface area contributed by atoms with Crippen LogP contribution in [-0.2, 0) is 10.5 Å². The lowest BCUT2D eigenvalue weighted by atomic mass is 9.95. The molecule has 1 aliphatic heterocycles. The van der Waals surface area contributed by atoms with Crippen LogP contribution in [-0.4, -0.2) is 25.2 Å². The first-order valence-electron chi connectivity index (χ1n) is 12.3. The van der Waals surface area contributed by atoms with Crippen LogP contribution in [0.1, 0.15) is 24.1 Å². The summed E-state index contributed by atoms with van der Waals surface area (Å²) in [4.78, 5) is 20.6. The van der Waals surface area contributed by atoms with Gasteiger partial charge in [-0.15, -0.1) is 0 Å². The number of para-hydroxylation sites is 1. The number of nitrogens with one attached hydrogen (secondary N) is 2. The molecule has 186 valence electrons. The maximum atomic E-state index is 13.5. The molecule has 1 heterocycles. The third-order valence-corrected chi connectivity index (χ3v) is 7.40. The fourth-order valence-electron chi connectivity index (χ4n) is 4.50. The van der Waals surface area contributed by atoms with E-state index in [-0.39, 0.29) is 5.91 Å². The van der Waals surface area contributed by atoms with Gasteiger partial charge < -0.3 is 15.5 Å². The number of allylic oxidation sites excluding steroid dienone is 1. The van der Waals surface area contributed by atoms with Crippen molar-refractivity contribution in [1.29, 1.82) is 0 Å². The number of hydrogen-bond donors (Lipinski definition) is 2. The molecule has 0 radical (unpaired) electrons. The highest BCUT2D eigenvalue weighted by Gasteiger charge is 2.29. The van der Waals surface area contributed by atoms with Gasteiger partial charge in [-0.05, 0) is 53.1 Å². The molecule has 1 aliphatic rings. The van der Waals surface area contributed by atoms with Crippen LogP contribution >= 0.6 is 11.8 Å². The maximum Gasteiger partial charge on any atom is 0.255 e. The van der Waals surface area contributed by atoms with Gasteiger partial charge in [0.25, 0.3) is 5.91 Å². The van der Waals surface area contributed by atoms with Crippen molar-refractivity contribution in [3.05, 3.63) is 119 Å². The molecule has 0 spiro atoms. The van der Waals surface area contributed by atoms with Crippen LogP contribution in [0.15, 0.2) is 113 Å². The van der Waals surface area contributed by atoms with E-state index in [2.05, 4.69) is 82.3 Å². The number of thioether (sulfide) groups is 1. The molecule has 4 aromatic carbocycles. The molecule has 6 heteroatoms. The number of carbonyl (C=O) groups excluding carboxylic acids is 1. The minimum absolute atomic E-state index is 0.153. The van der Waals surface area contributed by atoms with Crippen LogP contribution in [0, 0.1) is 0 Å². The van der Waals surface area contributed by atoms with Crippen molar-refractivity contribution in [2.75, 3.05) is 24.3 Å². The van der Waals surface area contributed by atoms with E-state index in [1.165, 1.54) is 16.3 Å². The van der Waals surface area contributed by atoms with Crippen LogP contribution in [0.4, 0.5) is 11.4 Å². The van der Waals surface area contributed by atoms with E-state index in [1.54, 1.807) is 11.8 Å². The van der Waals surface area contributed by atoms with Gasteiger partial charge in [-0.3, -0.25) is 4.79 Å². The van der Waals surface area contributed by atoms with Crippen LogP contribution in [0.3, 0.4) is 0 Å². The van der Waals surface area contributed by atoms with Crippen molar-refractivity contribution in [2.45, 2.75) is 18.7 Å². The van der Waals surface area contributed by atoms with Crippen LogP contribution in [0.2, 0.25) is 0 Å². The molecule has 0 saturated carbocycles. The monoisotopic (exact) mass is 506 g/mol. The molecule has 0 aliphatic carbocycles. The number of anilines is 2. The number of benzene rings is 4. The summed E-state index contributed by atoms with van der Waals surface area (Å²) in [5, 5.41) is 9.74. The number of amides is 1. The Kier molecular flexibility index (Phi) is 7.28. The zero-order chi connectivity index (χ0) is 25.8. The second kappa shape index (κ2) is 10.9. The summed E-state index contributed by atoms with van der Waals surface area (Å²) in [6, 6.07) is 32.2. The molecule has 0 saturated heterocycles. The second-order valence-corrected chi connectivity index (χ2v) is 10.2. The van der Waals surface area contributed by atoms with Crippen molar-refractivity contribution >= 4 is 45.0 Å². The average Bonchev–Trinajstić information content (AvgIpc) is 2.92. The Morgan fingerprint density at radius 1 is 0.919 bits per heavy atom. The fourth-order valence-corrected chi connectivity index (χ4v) is 5.44. The van der Waals surface area contributed by atoms with E-state index in [0.717, 1.165) is 33.6 Å². The van der Waals surface area contributed by atoms with Gasteiger partial charge >= 0.3 is 0 Å². The van der Waals surface area contributed by atoms with Gasteiger partial charge in [0.05, 0.1) is 5.57 Å². The van der Waals surface area contributed by atoms with Crippen LogP contribution in [0.25, 0.3) is 10.8 Å². The number of fused-ring (bicyclic) bond motifs is 1. The summed E-state index contributed by atoms with van der Waals surface area (Å²) in [6.07, 6.45) is 0. The fraction of sp³-hybridized carbons (Fsp3) is 0.161. The predicted octanol–water partition coefficient (Wildman–Crippen LogP) is 6.75. The summed E-state index contributed by atoms with van der Waals surface area (Å²) < 4.78 is 0. The summed E-state index contributed by atoms with van der Waals surface area (Å²) >= 11 is 1.66. The van der Waals surface area contributed by atoms with E-state index in [4.69, 9.17) is 4.99 Å². The molecule has 5 rings (SSSR count). The van der Waals surface area contributed by atoms with Crippen molar-refractivity contribution in [3.8, 4) is 0 Å². The Morgan fingerprint density at radius 3 is 2.38 bits per heavy atom. The summed E-state index contributed by atoms with van der Waals surface area (Å²) in [7, 11) is 4.03. The molecule has 1 atom stereocenters. The van der Waals surface area contributed by atoms with E-state index in [0.29, 0.717) is 5.57 Å². The van der Waals surface area contributed by atoms with E-state index in [1.807, 2.05) is 51.4 Å². The van der Waals surface area contributed by atoms with E-state index >= 15 is 0 Å². The summed E-state index contributed by atoms with van der Waals surface area (Å²) in [5.74, 6) is 0.623. The summed E-state index contributed by atoms with van der Waals surface area (Å²) in [5.41, 5.74) is 5.53. The number of nitrogens with zero attached hydrogens (tertiary/aromatic N) is 2. The smallest absolute Gasteiger partial charge is 0.255 e. The highest BCUT2D eigenvalue weighted by Crippen LogP contribution is 2.34. The molecule has 2 N–H and O–H groups in total. The Balaban J connectivity index is 1.44. The van der Waals surface area contributed by atoms with Gasteiger partial charge in [0, 0.05) is 36.9 Å². The number of carbonyl (C=O) groups is 1. The van der Waals surface area contributed by atoms with Crippen molar-refractivity contribution < 1.29 is 4.79 Å². The lowest BCUT2D eigenvalue weighted by molar-refractivity contribution is -0.113. The lowest BCUT2D eigenvalue weighted by Crippen LogP contribution is -2.32. The predicted molar refractivity (Wildman–Crippen MR) is 157 cm³/mol. The number of hydrogen-bond acceptors (Lipinski definition) is 5. The Labute approximate surface area is 222 Å². The topological polar surface area (TPSA) is 56.7 Å². The zero-order valence-electron chi connectivity index (χ0n) is 21.2. The second-order valence-electron chi connectivity index (χ2n) is 9.23. The van der Waals surface area contributed by atoms with Gasteiger partial charge in [0.1, 0.15) is 6.04 Å². The maximum absolute atomic E-state index is 13.5. The highest BCUT2D eigenvalue weighted by molar-refractivity contribution is 8.13. The highest BCUT2D eigenvalue weighted by atomic mass is 32.2. The van der Waals surface area contributed by atoms with E-state index in [9.17, 15) is 4.79 Å². The zero-order valence-corrected chi connectivity index (χ0v) is 22.0. The molecular weight excluding hydrogens is 476 g/mol. The van der Waals surface area contributed by atoms with Gasteiger partial charge in [-0.25, -0.2) is 4.99 Å². The van der Waals surface area contributed by atoms with Gasteiger partial charge in [-0.2, -0.15) is 0 Å². The van der Waals surface area contributed by atoms with Gasteiger partial charge in [-0.1, -0.05) is 84.6 Å².